The van der Waals surface area contributed by atoms with Crippen LogP contribution in [0.3, 0.4) is 0 Å². The minimum absolute atomic E-state index is 0.0106. The smallest absolute Gasteiger partial charge is 0.253 e. The van der Waals surface area contributed by atoms with E-state index in [1.165, 1.54) is 0 Å². The molecule has 2 amide bonds. The van der Waals surface area contributed by atoms with Gasteiger partial charge in [-0.3, -0.25) is 14.3 Å². The Labute approximate surface area is 177 Å². The number of amides is 2. The highest BCUT2D eigenvalue weighted by atomic mass is 32.2. The van der Waals surface area contributed by atoms with E-state index < -0.39 is 10.0 Å². The van der Waals surface area contributed by atoms with Crippen LogP contribution in [0.1, 0.15) is 38.3 Å². The van der Waals surface area contributed by atoms with Crippen LogP contribution in [0.5, 0.6) is 0 Å². The molecule has 0 atom stereocenters. The summed E-state index contributed by atoms with van der Waals surface area (Å²) in [6, 6.07) is 12.1. The number of hydrogen-bond acceptors (Lipinski definition) is 4. The number of nitrogens with one attached hydrogen (secondary N) is 1. The summed E-state index contributed by atoms with van der Waals surface area (Å²) in [5, 5.41) is 0. The molecule has 0 unspecified atom stereocenters. The molecular formula is C22H27N3O4S. The van der Waals surface area contributed by atoms with Gasteiger partial charge >= 0.3 is 0 Å². The minimum Gasteiger partial charge on any atom is -0.337 e. The summed E-state index contributed by atoms with van der Waals surface area (Å²) in [5.41, 5.74) is 3.81. The van der Waals surface area contributed by atoms with Gasteiger partial charge < -0.3 is 9.80 Å². The number of nitrogens with zero attached hydrogens (tertiary/aromatic N) is 2. The van der Waals surface area contributed by atoms with E-state index in [0.717, 1.165) is 17.4 Å². The number of anilines is 1. The van der Waals surface area contributed by atoms with Crippen molar-refractivity contribution in [2.45, 2.75) is 20.3 Å². The van der Waals surface area contributed by atoms with Crippen molar-refractivity contribution in [3.05, 3.63) is 64.7 Å². The van der Waals surface area contributed by atoms with E-state index in [-0.39, 0.29) is 11.8 Å². The van der Waals surface area contributed by atoms with E-state index in [1.54, 1.807) is 34.1 Å². The zero-order valence-corrected chi connectivity index (χ0v) is 18.3. The molecule has 1 saturated heterocycles. The molecule has 1 heterocycles. The first-order valence-electron chi connectivity index (χ1n) is 9.88. The number of sulfonamides is 1. The first kappa shape index (κ1) is 21.8. The van der Waals surface area contributed by atoms with Crippen LogP contribution in [-0.2, 0) is 10.0 Å². The lowest BCUT2D eigenvalue weighted by molar-refractivity contribution is 0.0718. The summed E-state index contributed by atoms with van der Waals surface area (Å²) in [7, 11) is -3.36. The Kier molecular flexibility index (Phi) is 6.45. The third kappa shape index (κ3) is 5.38. The van der Waals surface area contributed by atoms with Gasteiger partial charge in [-0.05, 0) is 67.8 Å². The molecule has 0 saturated carbocycles. The molecule has 1 N–H and O–H groups in total. The number of carbonyl (C=O) groups is 2. The Morgan fingerprint density at radius 3 is 1.87 bits per heavy atom. The standard InChI is InChI=1S/C22H27N3O4S/c1-16-5-6-19(15-17(16)2)22(27)25-12-4-11-24(13-14-25)21(26)18-7-9-20(10-8-18)23-30(3,28)29/h5-10,15,23H,4,11-14H2,1-3H3. The minimum atomic E-state index is -3.36. The van der Waals surface area contributed by atoms with E-state index in [4.69, 9.17) is 0 Å². The molecule has 0 aromatic heterocycles. The van der Waals surface area contributed by atoms with Crippen LogP contribution in [0.4, 0.5) is 5.69 Å². The maximum absolute atomic E-state index is 12.9. The zero-order chi connectivity index (χ0) is 21.9. The van der Waals surface area contributed by atoms with E-state index in [1.807, 2.05) is 32.0 Å². The van der Waals surface area contributed by atoms with Gasteiger partial charge in [0.1, 0.15) is 0 Å². The number of rotatable bonds is 4. The summed E-state index contributed by atoms with van der Waals surface area (Å²) in [4.78, 5) is 29.3. The molecule has 2 aromatic rings. The molecule has 8 heteroatoms. The maximum Gasteiger partial charge on any atom is 0.253 e. The molecular weight excluding hydrogens is 402 g/mol. The predicted molar refractivity (Wildman–Crippen MR) is 117 cm³/mol. The van der Waals surface area contributed by atoms with Crippen molar-refractivity contribution in [1.29, 1.82) is 0 Å². The lowest BCUT2D eigenvalue weighted by Crippen LogP contribution is -2.37. The first-order valence-corrected chi connectivity index (χ1v) is 11.8. The molecule has 0 spiro atoms. The summed E-state index contributed by atoms with van der Waals surface area (Å²) < 4.78 is 25.0. The lowest BCUT2D eigenvalue weighted by atomic mass is 10.1. The van der Waals surface area contributed by atoms with Gasteiger partial charge in [-0.2, -0.15) is 0 Å². The Balaban J connectivity index is 1.65. The molecule has 160 valence electrons. The second-order valence-corrected chi connectivity index (χ2v) is 9.44. The fourth-order valence-corrected chi connectivity index (χ4v) is 4.02. The highest BCUT2D eigenvalue weighted by molar-refractivity contribution is 7.92. The average Bonchev–Trinajstić information content (AvgIpc) is 2.94. The van der Waals surface area contributed by atoms with Crippen LogP contribution in [0.2, 0.25) is 0 Å². The topological polar surface area (TPSA) is 86.8 Å². The highest BCUT2D eigenvalue weighted by Crippen LogP contribution is 2.16. The maximum atomic E-state index is 12.9. The van der Waals surface area contributed by atoms with Gasteiger partial charge in [-0.1, -0.05) is 6.07 Å². The molecule has 1 aliphatic heterocycles. The van der Waals surface area contributed by atoms with Gasteiger partial charge in [0.25, 0.3) is 11.8 Å². The van der Waals surface area contributed by atoms with E-state index in [0.29, 0.717) is 49.4 Å². The van der Waals surface area contributed by atoms with Gasteiger partial charge in [-0.15, -0.1) is 0 Å². The van der Waals surface area contributed by atoms with Crippen molar-refractivity contribution in [3.63, 3.8) is 0 Å². The molecule has 1 fully saturated rings. The van der Waals surface area contributed by atoms with Crippen molar-refractivity contribution < 1.29 is 18.0 Å². The molecule has 0 radical (unpaired) electrons. The Morgan fingerprint density at radius 1 is 0.800 bits per heavy atom. The highest BCUT2D eigenvalue weighted by Gasteiger charge is 2.23. The molecule has 7 nitrogen and oxygen atoms in total. The third-order valence-electron chi connectivity index (χ3n) is 5.26. The molecule has 30 heavy (non-hydrogen) atoms. The monoisotopic (exact) mass is 429 g/mol. The zero-order valence-electron chi connectivity index (χ0n) is 17.5. The summed E-state index contributed by atoms with van der Waals surface area (Å²) in [6.45, 7) is 6.12. The Bertz CT molecular complexity index is 1050. The Morgan fingerprint density at radius 2 is 1.33 bits per heavy atom. The second kappa shape index (κ2) is 8.87. The molecule has 3 rings (SSSR count). The predicted octanol–water partition coefficient (Wildman–Crippen LogP) is 2.66. The number of hydrogen-bond donors (Lipinski definition) is 1. The Hall–Kier alpha value is -2.87. The van der Waals surface area contributed by atoms with Crippen LogP contribution in [0, 0.1) is 13.8 Å². The number of benzene rings is 2. The van der Waals surface area contributed by atoms with Gasteiger partial charge in [0.2, 0.25) is 10.0 Å². The van der Waals surface area contributed by atoms with Gasteiger partial charge in [0, 0.05) is 43.0 Å². The summed E-state index contributed by atoms with van der Waals surface area (Å²) in [5.74, 6) is -0.134. The van der Waals surface area contributed by atoms with Crippen molar-refractivity contribution >= 4 is 27.5 Å². The van der Waals surface area contributed by atoms with Crippen LogP contribution >= 0.6 is 0 Å². The number of aryl methyl sites for hydroxylation is 2. The van der Waals surface area contributed by atoms with Crippen LogP contribution < -0.4 is 4.72 Å². The first-order chi connectivity index (χ1) is 14.1. The van der Waals surface area contributed by atoms with E-state index >= 15 is 0 Å². The largest absolute Gasteiger partial charge is 0.337 e. The molecule has 0 aliphatic carbocycles. The van der Waals surface area contributed by atoms with E-state index in [9.17, 15) is 18.0 Å². The van der Waals surface area contributed by atoms with Gasteiger partial charge in [0.05, 0.1) is 6.26 Å². The number of carbonyl (C=O) groups excluding carboxylic acids is 2. The third-order valence-corrected chi connectivity index (χ3v) is 5.87. The van der Waals surface area contributed by atoms with Crippen molar-refractivity contribution in [2.75, 3.05) is 37.2 Å². The van der Waals surface area contributed by atoms with Crippen molar-refractivity contribution in [2.24, 2.45) is 0 Å². The van der Waals surface area contributed by atoms with Crippen molar-refractivity contribution in [3.8, 4) is 0 Å². The molecule has 2 aromatic carbocycles. The van der Waals surface area contributed by atoms with Crippen LogP contribution in [0.25, 0.3) is 0 Å². The molecule has 1 aliphatic rings. The SMILES string of the molecule is Cc1ccc(C(=O)N2CCCN(C(=O)c3ccc(NS(C)(=O)=O)cc3)CC2)cc1C. The van der Waals surface area contributed by atoms with Gasteiger partial charge in [0.15, 0.2) is 0 Å². The van der Waals surface area contributed by atoms with Crippen LogP contribution in [-0.4, -0.2) is 62.5 Å². The average molecular weight is 430 g/mol. The van der Waals surface area contributed by atoms with Gasteiger partial charge in [-0.25, -0.2) is 8.42 Å². The normalized spacial score (nSPS) is 14.9. The van der Waals surface area contributed by atoms with Crippen molar-refractivity contribution in [1.82, 2.24) is 9.80 Å². The van der Waals surface area contributed by atoms with Crippen LogP contribution in [0.15, 0.2) is 42.5 Å². The molecule has 0 bridgehead atoms. The second-order valence-electron chi connectivity index (χ2n) is 7.69. The fraction of sp³-hybridized carbons (Fsp3) is 0.364. The quantitative estimate of drug-likeness (QED) is 0.810. The fourth-order valence-electron chi connectivity index (χ4n) is 3.46. The van der Waals surface area contributed by atoms with E-state index in [2.05, 4.69) is 4.72 Å². The summed E-state index contributed by atoms with van der Waals surface area (Å²) >= 11 is 0. The summed E-state index contributed by atoms with van der Waals surface area (Å²) in [6.07, 6.45) is 1.78. The lowest BCUT2D eigenvalue weighted by Gasteiger charge is -2.22.